The Morgan fingerprint density at radius 1 is 1.23 bits per heavy atom. The Hall–Kier alpha value is -2.86. The predicted octanol–water partition coefficient (Wildman–Crippen LogP) is 3.83. The van der Waals surface area contributed by atoms with Crippen LogP contribution in [0.1, 0.15) is 37.9 Å². The van der Waals surface area contributed by atoms with Gasteiger partial charge in [-0.1, -0.05) is 11.6 Å². The minimum absolute atomic E-state index is 0.0431. The average Bonchev–Trinajstić information content (AvgIpc) is 3.23. The molecule has 0 aromatic carbocycles. The second-order valence-electron chi connectivity index (χ2n) is 5.79. The maximum atomic E-state index is 12.5. The van der Waals surface area contributed by atoms with Gasteiger partial charge in [0, 0.05) is 23.1 Å². The van der Waals surface area contributed by atoms with E-state index in [-0.39, 0.29) is 23.1 Å². The van der Waals surface area contributed by atoms with Gasteiger partial charge in [-0.05, 0) is 44.2 Å². The van der Waals surface area contributed by atoms with E-state index < -0.39 is 5.97 Å². The zero-order valence-electron chi connectivity index (χ0n) is 14.4. The summed E-state index contributed by atoms with van der Waals surface area (Å²) in [5.41, 5.74) is 2.35. The van der Waals surface area contributed by atoms with Crippen LogP contribution < -0.4 is 0 Å². The van der Waals surface area contributed by atoms with Gasteiger partial charge in [-0.3, -0.25) is 4.79 Å². The van der Waals surface area contributed by atoms with Crippen molar-refractivity contribution in [3.05, 3.63) is 76.2 Å². The number of aryl methyl sites for hydroxylation is 1. The van der Waals surface area contributed by atoms with E-state index in [1.165, 1.54) is 12.3 Å². The van der Waals surface area contributed by atoms with Crippen molar-refractivity contribution in [3.63, 3.8) is 0 Å². The fourth-order valence-corrected chi connectivity index (χ4v) is 2.91. The molecule has 3 heterocycles. The number of carbonyl (C=O) groups excluding carboxylic acids is 2. The van der Waals surface area contributed by atoms with Crippen molar-refractivity contribution >= 4 is 23.4 Å². The van der Waals surface area contributed by atoms with Gasteiger partial charge in [-0.2, -0.15) is 0 Å². The zero-order valence-corrected chi connectivity index (χ0v) is 15.1. The number of hydrogen-bond acceptors (Lipinski definition) is 5. The first kappa shape index (κ1) is 17.9. The first-order valence-electron chi connectivity index (χ1n) is 7.97. The molecule has 0 fully saturated rings. The molecule has 3 rings (SSSR count). The molecule has 0 amide bonds. The Morgan fingerprint density at radius 3 is 2.73 bits per heavy atom. The second kappa shape index (κ2) is 7.58. The van der Waals surface area contributed by atoms with Crippen molar-refractivity contribution in [3.8, 4) is 0 Å². The van der Waals surface area contributed by atoms with Crippen LogP contribution >= 0.6 is 11.6 Å². The molecule has 0 atom stereocenters. The number of hydrogen-bond donors (Lipinski definition) is 0. The monoisotopic (exact) mass is 372 g/mol. The van der Waals surface area contributed by atoms with Crippen LogP contribution in [0.25, 0.3) is 0 Å². The van der Waals surface area contributed by atoms with Crippen LogP contribution in [0.15, 0.2) is 47.2 Å². The van der Waals surface area contributed by atoms with E-state index in [1.54, 1.807) is 18.4 Å². The SMILES string of the molecule is Cc1cc(C(=O)COC(=O)c2cccnc2Cl)c(C)n1Cc1ccco1. The summed E-state index contributed by atoms with van der Waals surface area (Å²) in [6, 6.07) is 8.55. The standard InChI is InChI=1S/C19H17ClN2O4/c1-12-9-16(13(2)22(12)10-14-5-4-8-25-14)17(23)11-26-19(24)15-6-3-7-21-18(15)20/h3-9H,10-11H2,1-2H3. The van der Waals surface area contributed by atoms with E-state index in [4.69, 9.17) is 20.8 Å². The Balaban J connectivity index is 1.70. The molecule has 7 heteroatoms. The van der Waals surface area contributed by atoms with Gasteiger partial charge in [-0.15, -0.1) is 0 Å². The van der Waals surface area contributed by atoms with Gasteiger partial charge in [0.05, 0.1) is 18.4 Å². The molecule has 6 nitrogen and oxygen atoms in total. The Kier molecular flexibility index (Phi) is 5.23. The number of Topliss-reactive ketones (excluding diaryl/α,β-unsaturated/α-hetero) is 1. The van der Waals surface area contributed by atoms with E-state index in [9.17, 15) is 9.59 Å². The predicted molar refractivity (Wildman–Crippen MR) is 95.6 cm³/mol. The summed E-state index contributed by atoms with van der Waals surface area (Å²) in [5, 5.41) is 0.0431. The normalized spacial score (nSPS) is 10.7. The third kappa shape index (κ3) is 3.70. The Bertz CT molecular complexity index is 945. The number of rotatable bonds is 6. The maximum Gasteiger partial charge on any atom is 0.341 e. The van der Waals surface area contributed by atoms with Crippen LogP contribution in [-0.2, 0) is 11.3 Å². The highest BCUT2D eigenvalue weighted by molar-refractivity contribution is 6.32. The molecule has 3 aromatic rings. The first-order valence-corrected chi connectivity index (χ1v) is 8.35. The summed E-state index contributed by atoms with van der Waals surface area (Å²) in [5.74, 6) is -0.165. The van der Waals surface area contributed by atoms with Gasteiger partial charge < -0.3 is 13.7 Å². The van der Waals surface area contributed by atoms with Gasteiger partial charge in [0.25, 0.3) is 0 Å². The number of ketones is 1. The van der Waals surface area contributed by atoms with E-state index in [0.717, 1.165) is 17.1 Å². The fraction of sp³-hybridized carbons (Fsp3) is 0.211. The van der Waals surface area contributed by atoms with Gasteiger partial charge in [0.1, 0.15) is 10.9 Å². The maximum absolute atomic E-state index is 12.5. The van der Waals surface area contributed by atoms with E-state index >= 15 is 0 Å². The van der Waals surface area contributed by atoms with E-state index in [0.29, 0.717) is 12.1 Å². The van der Waals surface area contributed by atoms with Gasteiger partial charge >= 0.3 is 5.97 Å². The molecule has 0 radical (unpaired) electrons. The quantitative estimate of drug-likeness (QED) is 0.373. The lowest BCUT2D eigenvalue weighted by Gasteiger charge is -2.08. The number of pyridine rings is 1. The van der Waals surface area contributed by atoms with Crippen molar-refractivity contribution in [1.82, 2.24) is 9.55 Å². The smallest absolute Gasteiger partial charge is 0.341 e. The van der Waals surface area contributed by atoms with Gasteiger partial charge in [-0.25, -0.2) is 9.78 Å². The largest absolute Gasteiger partial charge is 0.467 e. The van der Waals surface area contributed by atoms with Crippen LogP contribution in [0, 0.1) is 13.8 Å². The molecule has 0 N–H and O–H groups in total. The molecule has 0 saturated heterocycles. The second-order valence-corrected chi connectivity index (χ2v) is 6.15. The highest BCUT2D eigenvalue weighted by Gasteiger charge is 2.19. The number of halogens is 1. The molecule has 0 aliphatic heterocycles. The highest BCUT2D eigenvalue weighted by Crippen LogP contribution is 2.19. The number of aromatic nitrogens is 2. The Morgan fingerprint density at radius 2 is 2.04 bits per heavy atom. The van der Waals surface area contributed by atoms with Gasteiger partial charge in [0.15, 0.2) is 6.61 Å². The topological polar surface area (TPSA) is 74.3 Å². The van der Waals surface area contributed by atoms with Crippen LogP contribution in [0.5, 0.6) is 0 Å². The summed E-state index contributed by atoms with van der Waals surface area (Å²) in [6.45, 7) is 3.93. The summed E-state index contributed by atoms with van der Waals surface area (Å²) in [7, 11) is 0. The van der Waals surface area contributed by atoms with Crippen LogP contribution in [0.3, 0.4) is 0 Å². The summed E-state index contributed by atoms with van der Waals surface area (Å²) >= 11 is 5.86. The molecular weight excluding hydrogens is 356 g/mol. The number of ether oxygens (including phenoxy) is 1. The molecule has 134 valence electrons. The van der Waals surface area contributed by atoms with Crippen molar-refractivity contribution in [1.29, 1.82) is 0 Å². The molecule has 0 aliphatic carbocycles. The third-order valence-electron chi connectivity index (χ3n) is 4.08. The van der Waals surface area contributed by atoms with Crippen molar-refractivity contribution < 1.29 is 18.7 Å². The van der Waals surface area contributed by atoms with Crippen LogP contribution in [0.4, 0.5) is 0 Å². The molecule has 0 saturated carbocycles. The lowest BCUT2D eigenvalue weighted by molar-refractivity contribution is 0.0474. The summed E-state index contributed by atoms with van der Waals surface area (Å²) in [4.78, 5) is 28.4. The summed E-state index contributed by atoms with van der Waals surface area (Å²) in [6.07, 6.45) is 3.08. The molecule has 0 bridgehead atoms. The third-order valence-corrected chi connectivity index (χ3v) is 4.38. The van der Waals surface area contributed by atoms with E-state index in [2.05, 4.69) is 4.98 Å². The number of carbonyl (C=O) groups is 2. The van der Waals surface area contributed by atoms with Crippen LogP contribution in [-0.4, -0.2) is 27.9 Å². The number of esters is 1. The van der Waals surface area contributed by atoms with Crippen molar-refractivity contribution in [2.24, 2.45) is 0 Å². The average molecular weight is 373 g/mol. The fourth-order valence-electron chi connectivity index (χ4n) is 2.71. The minimum Gasteiger partial charge on any atom is -0.467 e. The van der Waals surface area contributed by atoms with E-state index in [1.807, 2.05) is 30.5 Å². The molecule has 0 aliphatic rings. The minimum atomic E-state index is -0.680. The van der Waals surface area contributed by atoms with Crippen molar-refractivity contribution in [2.75, 3.05) is 6.61 Å². The highest BCUT2D eigenvalue weighted by atomic mass is 35.5. The molecule has 0 spiro atoms. The lowest BCUT2D eigenvalue weighted by Crippen LogP contribution is -2.15. The zero-order chi connectivity index (χ0) is 18.7. The first-order chi connectivity index (χ1) is 12.5. The van der Waals surface area contributed by atoms with Crippen molar-refractivity contribution in [2.45, 2.75) is 20.4 Å². The molecule has 3 aromatic heterocycles. The summed E-state index contributed by atoms with van der Waals surface area (Å²) < 4.78 is 12.4. The lowest BCUT2D eigenvalue weighted by atomic mass is 10.1. The molecule has 0 unspecified atom stereocenters. The van der Waals surface area contributed by atoms with Gasteiger partial charge in [0.2, 0.25) is 5.78 Å². The molecular formula is C19H17ClN2O4. The number of furan rings is 1. The number of nitrogens with zero attached hydrogens (tertiary/aromatic N) is 2. The Labute approximate surface area is 155 Å². The molecule has 26 heavy (non-hydrogen) atoms. The van der Waals surface area contributed by atoms with Crippen LogP contribution in [0.2, 0.25) is 5.15 Å².